The number of aliphatic hydroxyl groups is 1. The van der Waals surface area contributed by atoms with Gasteiger partial charge >= 0.3 is 5.97 Å². The molecule has 7 atom stereocenters. The predicted molar refractivity (Wildman–Crippen MR) is 187 cm³/mol. The Bertz CT molecular complexity index is 1450. The van der Waals surface area contributed by atoms with Gasteiger partial charge in [0.05, 0.1) is 12.1 Å². The molecule has 2 bridgehead atoms. The lowest BCUT2D eigenvalue weighted by Gasteiger charge is -2.60. The lowest BCUT2D eigenvalue weighted by Crippen LogP contribution is -2.69. The number of amides is 1. The van der Waals surface area contributed by atoms with Crippen molar-refractivity contribution < 1.29 is 24.2 Å². The van der Waals surface area contributed by atoms with Crippen LogP contribution in [0.4, 0.5) is 0 Å². The van der Waals surface area contributed by atoms with E-state index in [-0.39, 0.29) is 35.5 Å². The minimum Gasteiger partial charge on any atom is -0.483 e. The number of aryl methyl sites for hydroxylation is 1. The fraction of sp³-hybridized carbons (Fsp3) is 0.659. The number of carbonyl (C=O) groups is 2. The molecule has 1 amide bonds. The molecule has 1 spiro atoms. The first-order valence-electron chi connectivity index (χ1n) is 19.2. The Hall–Kier alpha value is -2.90. The third-order valence-electron chi connectivity index (χ3n) is 12.5. The molecule has 1 N–H and O–H groups in total. The summed E-state index contributed by atoms with van der Waals surface area (Å²) in [4.78, 5) is 30.8. The molecule has 5 aliphatic rings. The van der Waals surface area contributed by atoms with Crippen LogP contribution in [-0.2, 0) is 27.8 Å². The molecule has 2 saturated carbocycles. The van der Waals surface area contributed by atoms with Gasteiger partial charge in [0, 0.05) is 49.4 Å². The van der Waals surface area contributed by atoms with Gasteiger partial charge in [-0.25, -0.2) is 0 Å². The summed E-state index contributed by atoms with van der Waals surface area (Å²) in [6.45, 7) is 6.19. The number of unbranched alkanes of at least 4 members (excludes halogenated alkanes) is 7. The van der Waals surface area contributed by atoms with Crippen molar-refractivity contribution in [2.24, 2.45) is 11.8 Å². The van der Waals surface area contributed by atoms with Crippen LogP contribution in [0.1, 0.15) is 114 Å². The zero-order valence-corrected chi connectivity index (χ0v) is 29.2. The molecule has 1 saturated heterocycles. The van der Waals surface area contributed by atoms with Gasteiger partial charge in [-0.15, -0.1) is 0 Å². The van der Waals surface area contributed by atoms with E-state index in [2.05, 4.69) is 53.1 Å². The van der Waals surface area contributed by atoms with Gasteiger partial charge in [-0.1, -0.05) is 74.9 Å². The average molecular weight is 657 g/mol. The molecule has 2 aromatic rings. The number of esters is 1. The van der Waals surface area contributed by atoms with Gasteiger partial charge in [-0.05, 0) is 87.9 Å². The fourth-order valence-corrected chi connectivity index (χ4v) is 10.1. The zero-order valence-electron chi connectivity index (χ0n) is 29.2. The number of likely N-dealkylation sites (N-methyl/N-ethyl adjacent to an activating group) is 1. The Balaban J connectivity index is 0.970. The Kier molecular flexibility index (Phi) is 10.2. The summed E-state index contributed by atoms with van der Waals surface area (Å²) in [6.07, 6.45) is 16.0. The van der Waals surface area contributed by atoms with Gasteiger partial charge in [0.2, 0.25) is 5.91 Å². The van der Waals surface area contributed by atoms with E-state index in [1.807, 2.05) is 6.07 Å². The fourth-order valence-electron chi connectivity index (χ4n) is 10.1. The highest BCUT2D eigenvalue weighted by Crippen LogP contribution is 2.64. The monoisotopic (exact) mass is 656 g/mol. The summed E-state index contributed by atoms with van der Waals surface area (Å²) in [5, 5.41) is 10.2. The smallest absolute Gasteiger partial charge is 0.308 e. The molecule has 260 valence electrons. The van der Waals surface area contributed by atoms with Gasteiger partial charge in [-0.3, -0.25) is 14.5 Å². The van der Waals surface area contributed by atoms with E-state index in [1.165, 1.54) is 68.6 Å². The van der Waals surface area contributed by atoms with Crippen molar-refractivity contribution in [2.75, 3.05) is 19.6 Å². The number of benzene rings is 2. The first-order valence-corrected chi connectivity index (χ1v) is 19.2. The summed E-state index contributed by atoms with van der Waals surface area (Å²) < 4.78 is 12.7. The molecule has 2 unspecified atom stereocenters. The molecule has 2 heterocycles. The third kappa shape index (κ3) is 6.54. The van der Waals surface area contributed by atoms with E-state index in [1.54, 1.807) is 0 Å². The molecule has 2 aliphatic heterocycles. The molecule has 3 fully saturated rings. The molecule has 7 heteroatoms. The van der Waals surface area contributed by atoms with Crippen molar-refractivity contribution in [3.63, 3.8) is 0 Å². The zero-order chi connectivity index (χ0) is 33.3. The number of piperidine rings is 1. The van der Waals surface area contributed by atoms with Gasteiger partial charge in [0.15, 0.2) is 11.5 Å². The topological polar surface area (TPSA) is 79.3 Å². The Morgan fingerprint density at radius 1 is 1.00 bits per heavy atom. The molecule has 7 nitrogen and oxygen atoms in total. The SMILES string of the molecule is CCN(C(=O)CCCCCCCCCCc1ccccc1)[C@@H]1CC[C@H]2[C@H]3Cc4ccc(OC(C)=O)c5c4[C@@]2(CCN3CC2CC2O)[C@H]1O5. The van der Waals surface area contributed by atoms with Crippen molar-refractivity contribution in [3.05, 3.63) is 59.2 Å². The van der Waals surface area contributed by atoms with Crippen molar-refractivity contribution in [1.29, 1.82) is 0 Å². The van der Waals surface area contributed by atoms with Crippen LogP contribution in [0.2, 0.25) is 0 Å². The van der Waals surface area contributed by atoms with Crippen LogP contribution >= 0.6 is 0 Å². The van der Waals surface area contributed by atoms with Crippen molar-refractivity contribution in [2.45, 2.75) is 140 Å². The summed E-state index contributed by atoms with van der Waals surface area (Å²) in [6, 6.07) is 15.3. The number of hydrogen-bond donors (Lipinski definition) is 1. The van der Waals surface area contributed by atoms with Gasteiger partial charge < -0.3 is 19.5 Å². The number of ether oxygens (including phenoxy) is 2. The van der Waals surface area contributed by atoms with E-state index in [9.17, 15) is 14.7 Å². The first-order chi connectivity index (χ1) is 23.4. The molecule has 7 rings (SSSR count). The van der Waals surface area contributed by atoms with Gasteiger partial charge in [-0.2, -0.15) is 0 Å². The maximum atomic E-state index is 13.9. The maximum Gasteiger partial charge on any atom is 0.308 e. The largest absolute Gasteiger partial charge is 0.483 e. The number of rotatable bonds is 16. The van der Waals surface area contributed by atoms with Crippen LogP contribution in [0, 0.1) is 11.8 Å². The molecule has 3 aliphatic carbocycles. The molecule has 48 heavy (non-hydrogen) atoms. The Morgan fingerprint density at radius 3 is 2.44 bits per heavy atom. The lowest BCUT2D eigenvalue weighted by atomic mass is 9.51. The van der Waals surface area contributed by atoms with Crippen LogP contribution in [-0.4, -0.2) is 70.7 Å². The van der Waals surface area contributed by atoms with E-state index >= 15 is 0 Å². The molecule has 2 aromatic carbocycles. The van der Waals surface area contributed by atoms with Crippen molar-refractivity contribution >= 4 is 11.9 Å². The maximum absolute atomic E-state index is 13.9. The highest BCUT2D eigenvalue weighted by Gasteiger charge is 2.67. The summed E-state index contributed by atoms with van der Waals surface area (Å²) >= 11 is 0. The molecular formula is C41H56N2O5. The minimum absolute atomic E-state index is 0.00983. The van der Waals surface area contributed by atoms with E-state index in [0.717, 1.165) is 63.8 Å². The summed E-state index contributed by atoms with van der Waals surface area (Å²) in [5.41, 5.74) is 3.82. The Labute approximate surface area is 287 Å². The summed E-state index contributed by atoms with van der Waals surface area (Å²) in [7, 11) is 0. The van der Waals surface area contributed by atoms with Crippen LogP contribution in [0.15, 0.2) is 42.5 Å². The van der Waals surface area contributed by atoms with Gasteiger partial charge in [0.1, 0.15) is 6.10 Å². The second-order valence-corrected chi connectivity index (χ2v) is 15.4. The quantitative estimate of drug-likeness (QED) is 0.119. The van der Waals surface area contributed by atoms with Gasteiger partial charge in [0.25, 0.3) is 0 Å². The van der Waals surface area contributed by atoms with E-state index < -0.39 is 0 Å². The van der Waals surface area contributed by atoms with Crippen molar-refractivity contribution in [1.82, 2.24) is 9.80 Å². The lowest BCUT2D eigenvalue weighted by molar-refractivity contribution is -0.142. The average Bonchev–Trinajstić information content (AvgIpc) is 3.66. The number of hydrogen-bond acceptors (Lipinski definition) is 6. The molecule has 0 aromatic heterocycles. The minimum atomic E-state index is -0.338. The summed E-state index contributed by atoms with van der Waals surface area (Å²) in [5.74, 6) is 2.01. The van der Waals surface area contributed by atoms with Crippen LogP contribution < -0.4 is 9.47 Å². The molecular weight excluding hydrogens is 600 g/mol. The highest BCUT2D eigenvalue weighted by atomic mass is 16.6. The van der Waals surface area contributed by atoms with Crippen LogP contribution in [0.5, 0.6) is 11.5 Å². The first kappa shape index (κ1) is 33.6. The number of nitrogens with zero attached hydrogens (tertiary/aromatic N) is 2. The highest BCUT2D eigenvalue weighted by molar-refractivity contribution is 5.77. The second-order valence-electron chi connectivity index (χ2n) is 15.4. The number of likely N-dealkylation sites (tertiary alicyclic amines) is 1. The normalized spacial score (nSPS) is 29.6. The van der Waals surface area contributed by atoms with E-state index in [4.69, 9.17) is 9.47 Å². The molecule has 0 radical (unpaired) electrons. The van der Waals surface area contributed by atoms with E-state index in [0.29, 0.717) is 36.6 Å². The van der Waals surface area contributed by atoms with Crippen LogP contribution in [0.3, 0.4) is 0 Å². The van der Waals surface area contributed by atoms with Crippen LogP contribution in [0.25, 0.3) is 0 Å². The number of carbonyl (C=O) groups excluding carboxylic acids is 2. The Morgan fingerprint density at radius 2 is 1.73 bits per heavy atom. The standard InChI is InChI=1S/C41H56N2O5/c1-3-43(37(46)18-14-9-7-5-4-6-8-11-15-29-16-12-10-13-17-29)33-21-20-32-34-25-30-19-22-36(47-28(2)44)39-38(30)41(32,40(33)48-39)23-24-42(34)27-31-26-35(31)45/h10,12-13,16-17,19,22,31-35,40,45H,3-9,11,14-15,18,20-21,23-27H2,1-2H3/t31?,32-,33+,34+,35?,40-,41-/m0/s1. The second kappa shape index (κ2) is 14.5. The number of aliphatic hydroxyl groups excluding tert-OH is 1. The third-order valence-corrected chi connectivity index (χ3v) is 12.5. The predicted octanol–water partition coefficient (Wildman–Crippen LogP) is 7.00. The van der Waals surface area contributed by atoms with Crippen molar-refractivity contribution in [3.8, 4) is 11.5 Å².